The average molecular weight is 153 g/mol. The van der Waals surface area contributed by atoms with Gasteiger partial charge in [0.15, 0.2) is 0 Å². The highest BCUT2D eigenvalue weighted by molar-refractivity contribution is 4.94. The normalized spacial score (nSPS) is 11.9. The van der Waals surface area contributed by atoms with Crippen molar-refractivity contribution in [3.05, 3.63) is 0 Å². The van der Waals surface area contributed by atoms with Gasteiger partial charge in [0.2, 0.25) is 0 Å². The Kier molecular flexibility index (Phi) is 7.29. The quantitative estimate of drug-likeness (QED) is 0.471. The summed E-state index contributed by atoms with van der Waals surface area (Å²) >= 11 is 0. The molecule has 1 unspecified atom stereocenters. The second kappa shape index (κ2) is 7.63. The first-order valence-corrected chi connectivity index (χ1v) is 4.44. The van der Waals surface area contributed by atoms with E-state index in [1.165, 1.54) is 12.8 Å². The van der Waals surface area contributed by atoms with Gasteiger partial charge < -0.3 is 5.32 Å². The lowest BCUT2D eigenvalue weighted by molar-refractivity contribution is 0.516. The minimum atomic E-state index is 0.652. The zero-order chi connectivity index (χ0) is 8.53. The summed E-state index contributed by atoms with van der Waals surface area (Å²) in [6.45, 7) is 7.33. The molecule has 0 bridgehead atoms. The van der Waals surface area contributed by atoms with Crippen LogP contribution in [0.25, 0.3) is 0 Å². The molecule has 0 amide bonds. The minimum Gasteiger partial charge on any atom is -0.315 e. The minimum absolute atomic E-state index is 0.652. The van der Waals surface area contributed by atoms with Gasteiger partial charge in [0.1, 0.15) is 0 Å². The second-order valence-corrected chi connectivity index (χ2v) is 2.78. The molecule has 11 heavy (non-hydrogen) atoms. The van der Waals surface area contributed by atoms with Crippen LogP contribution in [0.4, 0.5) is 0 Å². The van der Waals surface area contributed by atoms with Crippen LogP contribution in [0.5, 0.6) is 0 Å². The third-order valence-electron chi connectivity index (χ3n) is 1.67. The fourth-order valence-electron chi connectivity index (χ4n) is 1.07. The molecule has 0 saturated carbocycles. The van der Waals surface area contributed by atoms with E-state index in [4.69, 9.17) is 0 Å². The number of hydrogen-bond acceptors (Lipinski definition) is 1. The molecule has 1 N–H and O–H groups in total. The molecule has 0 aliphatic rings. The Morgan fingerprint density at radius 3 is 2.73 bits per heavy atom. The van der Waals surface area contributed by atoms with Gasteiger partial charge in [-0.25, -0.2) is 0 Å². The molecule has 0 fully saturated rings. The van der Waals surface area contributed by atoms with Crippen LogP contribution >= 0.6 is 0 Å². The van der Waals surface area contributed by atoms with E-state index in [1.54, 1.807) is 0 Å². The monoisotopic (exact) mass is 153 g/mol. The number of hydrogen-bond donors (Lipinski definition) is 1. The van der Waals surface area contributed by atoms with Crippen LogP contribution in [0.15, 0.2) is 0 Å². The molecule has 0 radical (unpaired) electrons. The summed E-state index contributed by atoms with van der Waals surface area (Å²) in [7, 11) is 0. The van der Waals surface area contributed by atoms with Gasteiger partial charge >= 0.3 is 0 Å². The number of nitrogens with one attached hydrogen (secondary N) is 1. The summed E-state index contributed by atoms with van der Waals surface area (Å²) < 4.78 is 0. The van der Waals surface area contributed by atoms with Crippen LogP contribution in [0.2, 0.25) is 0 Å². The van der Waals surface area contributed by atoms with Crippen molar-refractivity contribution in [2.45, 2.75) is 46.1 Å². The summed E-state index contributed by atoms with van der Waals surface area (Å²) in [6.07, 6.45) is 3.50. The molecular formula is C10H19N. The highest BCUT2D eigenvalue weighted by Gasteiger charge is 1.96. The Morgan fingerprint density at radius 1 is 1.45 bits per heavy atom. The summed E-state index contributed by atoms with van der Waals surface area (Å²) in [4.78, 5) is 0. The first-order chi connectivity index (χ1) is 5.31. The molecule has 0 aromatic heterocycles. The van der Waals surface area contributed by atoms with Crippen molar-refractivity contribution in [1.82, 2.24) is 5.32 Å². The Bertz CT molecular complexity index is 130. The van der Waals surface area contributed by atoms with E-state index in [1.807, 2.05) is 6.92 Å². The molecule has 0 rings (SSSR count). The highest BCUT2D eigenvalue weighted by Crippen LogP contribution is 1.98. The van der Waals surface area contributed by atoms with Gasteiger partial charge in [-0.3, -0.25) is 0 Å². The maximum absolute atomic E-state index is 3.37. The van der Waals surface area contributed by atoms with Crippen LogP contribution < -0.4 is 5.32 Å². The van der Waals surface area contributed by atoms with Crippen molar-refractivity contribution in [3.8, 4) is 11.8 Å². The van der Waals surface area contributed by atoms with Gasteiger partial charge in [0, 0.05) is 12.5 Å². The van der Waals surface area contributed by atoms with Gasteiger partial charge in [-0.15, -0.1) is 11.8 Å². The van der Waals surface area contributed by atoms with E-state index in [0.29, 0.717) is 6.04 Å². The van der Waals surface area contributed by atoms with Crippen LogP contribution in [0.1, 0.15) is 40.0 Å². The van der Waals surface area contributed by atoms with Gasteiger partial charge in [-0.05, 0) is 33.2 Å². The predicted octanol–water partition coefficient (Wildman–Crippen LogP) is 2.18. The van der Waals surface area contributed by atoms with E-state index in [0.717, 1.165) is 13.0 Å². The van der Waals surface area contributed by atoms with Crippen molar-refractivity contribution in [3.63, 3.8) is 0 Å². The molecule has 1 atom stereocenters. The zero-order valence-electron chi connectivity index (χ0n) is 7.91. The van der Waals surface area contributed by atoms with Crippen LogP contribution in [-0.2, 0) is 0 Å². The summed E-state index contributed by atoms with van der Waals surface area (Å²) in [6, 6.07) is 0.652. The molecule has 0 saturated heterocycles. The molecule has 0 aliphatic heterocycles. The molecule has 0 heterocycles. The molecule has 1 heteroatoms. The first-order valence-electron chi connectivity index (χ1n) is 4.44. The van der Waals surface area contributed by atoms with Crippen LogP contribution in [-0.4, -0.2) is 12.6 Å². The fourth-order valence-corrected chi connectivity index (χ4v) is 1.07. The maximum Gasteiger partial charge on any atom is 0.00891 e. The molecular weight excluding hydrogens is 134 g/mol. The van der Waals surface area contributed by atoms with Gasteiger partial charge in [-0.1, -0.05) is 6.92 Å². The van der Waals surface area contributed by atoms with E-state index in [9.17, 15) is 0 Å². The largest absolute Gasteiger partial charge is 0.315 e. The van der Waals surface area contributed by atoms with Crippen molar-refractivity contribution < 1.29 is 0 Å². The molecule has 0 aromatic carbocycles. The maximum atomic E-state index is 3.37. The summed E-state index contributed by atoms with van der Waals surface area (Å²) in [5, 5.41) is 3.37. The second-order valence-electron chi connectivity index (χ2n) is 2.78. The lowest BCUT2D eigenvalue weighted by atomic mass is 10.1. The Labute approximate surface area is 70.6 Å². The fraction of sp³-hybridized carbons (Fsp3) is 0.800. The smallest absolute Gasteiger partial charge is 0.00891 e. The SMILES string of the molecule is CC#CCCCC(C)NCC. The Balaban J connectivity index is 3.14. The topological polar surface area (TPSA) is 12.0 Å². The van der Waals surface area contributed by atoms with Crippen LogP contribution in [0.3, 0.4) is 0 Å². The van der Waals surface area contributed by atoms with Gasteiger partial charge in [0.05, 0.1) is 0 Å². The van der Waals surface area contributed by atoms with E-state index >= 15 is 0 Å². The Hall–Kier alpha value is -0.480. The van der Waals surface area contributed by atoms with Crippen molar-refractivity contribution >= 4 is 0 Å². The van der Waals surface area contributed by atoms with E-state index < -0.39 is 0 Å². The van der Waals surface area contributed by atoms with E-state index in [-0.39, 0.29) is 0 Å². The standard InChI is InChI=1S/C10H19N/c1-4-6-7-8-9-10(3)11-5-2/h10-11H,5,7-9H2,1-3H3. The predicted molar refractivity (Wildman–Crippen MR) is 50.4 cm³/mol. The van der Waals surface area contributed by atoms with Crippen LogP contribution in [0, 0.1) is 11.8 Å². The zero-order valence-corrected chi connectivity index (χ0v) is 7.91. The highest BCUT2D eigenvalue weighted by atomic mass is 14.9. The Morgan fingerprint density at radius 2 is 2.18 bits per heavy atom. The molecule has 64 valence electrons. The van der Waals surface area contributed by atoms with Gasteiger partial charge in [-0.2, -0.15) is 0 Å². The summed E-state index contributed by atoms with van der Waals surface area (Å²) in [5.74, 6) is 5.97. The molecule has 0 spiro atoms. The van der Waals surface area contributed by atoms with Crippen molar-refractivity contribution in [2.75, 3.05) is 6.54 Å². The molecule has 1 nitrogen and oxygen atoms in total. The molecule has 0 aromatic rings. The summed E-state index contributed by atoms with van der Waals surface area (Å²) in [5.41, 5.74) is 0. The van der Waals surface area contributed by atoms with E-state index in [2.05, 4.69) is 31.0 Å². The first kappa shape index (κ1) is 10.5. The van der Waals surface area contributed by atoms with Gasteiger partial charge in [0.25, 0.3) is 0 Å². The molecule has 0 aliphatic carbocycles. The third-order valence-corrected chi connectivity index (χ3v) is 1.67. The number of rotatable bonds is 5. The number of unbranched alkanes of at least 4 members (excludes halogenated alkanes) is 1. The lowest BCUT2D eigenvalue weighted by Gasteiger charge is -2.09. The van der Waals surface area contributed by atoms with Crippen molar-refractivity contribution in [2.24, 2.45) is 0 Å². The lowest BCUT2D eigenvalue weighted by Crippen LogP contribution is -2.25. The average Bonchev–Trinajstić information content (AvgIpc) is 1.99. The third kappa shape index (κ3) is 7.42. The van der Waals surface area contributed by atoms with Crippen molar-refractivity contribution in [1.29, 1.82) is 0 Å².